The summed E-state index contributed by atoms with van der Waals surface area (Å²) in [5, 5.41) is 0.336. The van der Waals surface area contributed by atoms with Gasteiger partial charge in [-0.05, 0) is 41.4 Å². The zero-order valence-electron chi connectivity index (χ0n) is 19.4. The minimum absolute atomic E-state index is 0.167. The summed E-state index contributed by atoms with van der Waals surface area (Å²) < 4.78 is 12.8. The summed E-state index contributed by atoms with van der Waals surface area (Å²) >= 11 is 9.88. The fourth-order valence-electron chi connectivity index (χ4n) is 3.43. The summed E-state index contributed by atoms with van der Waals surface area (Å²) in [5.74, 6) is 1.84. The zero-order valence-corrected chi connectivity index (χ0v) is 21.7. The highest BCUT2D eigenvalue weighted by Gasteiger charge is 2.18. The van der Waals surface area contributed by atoms with Gasteiger partial charge in [0.1, 0.15) is 34.6 Å². The van der Waals surface area contributed by atoms with Gasteiger partial charge >= 0.3 is 0 Å². The van der Waals surface area contributed by atoms with E-state index in [1.54, 1.807) is 25.3 Å². The van der Waals surface area contributed by atoms with Gasteiger partial charge in [-0.25, -0.2) is 15.0 Å². The minimum Gasteiger partial charge on any atom is -0.486 e. The number of ether oxygens (including phenoxy) is 1. The first-order valence-corrected chi connectivity index (χ1v) is 11.8. The van der Waals surface area contributed by atoms with Gasteiger partial charge in [0.2, 0.25) is 0 Å². The molecule has 0 aliphatic carbocycles. The molecule has 0 amide bonds. The summed E-state index contributed by atoms with van der Waals surface area (Å²) in [6.45, 7) is 9.72. The smallest absolute Gasteiger partial charge is 0.273 e. The molecule has 0 aromatic carbocycles. The molecule has 34 heavy (non-hydrogen) atoms. The van der Waals surface area contributed by atoms with Gasteiger partial charge in [-0.3, -0.25) is 14.3 Å². The molecule has 0 aliphatic rings. The maximum atomic E-state index is 13.3. The number of rotatable bonds is 6. The zero-order chi connectivity index (χ0) is 24.6. The van der Waals surface area contributed by atoms with Crippen molar-refractivity contribution in [2.75, 3.05) is 0 Å². The number of aromatic nitrogens is 5. The Morgan fingerprint density at radius 1 is 1.15 bits per heavy atom. The highest BCUT2D eigenvalue weighted by molar-refractivity contribution is 9.10. The van der Waals surface area contributed by atoms with Crippen molar-refractivity contribution in [3.05, 3.63) is 79.3 Å². The standard InChI is InChI=1S/C24H23BrClN5O3/c1-12(2)23-28-8-13(3)22(30-23)18-7-19(17(26)9-27-18)31-14(4)6-20(21(25)24(31)32)34-11-16-10-33-15(5)29-16/h6-10,12H,11H2,1-5H3. The van der Waals surface area contributed by atoms with E-state index in [0.29, 0.717) is 45.1 Å². The van der Waals surface area contributed by atoms with Crippen molar-refractivity contribution in [3.8, 4) is 22.8 Å². The summed E-state index contributed by atoms with van der Waals surface area (Å²) in [4.78, 5) is 31.1. The molecule has 0 saturated carbocycles. The molecule has 0 unspecified atom stereocenters. The van der Waals surface area contributed by atoms with Gasteiger partial charge in [-0.2, -0.15) is 0 Å². The van der Waals surface area contributed by atoms with Crippen LogP contribution in [0, 0.1) is 20.8 Å². The van der Waals surface area contributed by atoms with Crippen LogP contribution < -0.4 is 10.3 Å². The van der Waals surface area contributed by atoms with Crippen LogP contribution in [0.5, 0.6) is 5.75 Å². The largest absolute Gasteiger partial charge is 0.486 e. The molecule has 0 N–H and O–H groups in total. The van der Waals surface area contributed by atoms with Crippen molar-refractivity contribution >= 4 is 27.5 Å². The Balaban J connectivity index is 1.76. The van der Waals surface area contributed by atoms with Crippen LogP contribution in [-0.2, 0) is 6.61 Å². The molecule has 0 radical (unpaired) electrons. The van der Waals surface area contributed by atoms with E-state index in [1.807, 2.05) is 27.7 Å². The van der Waals surface area contributed by atoms with Crippen molar-refractivity contribution in [1.82, 2.24) is 24.5 Å². The lowest BCUT2D eigenvalue weighted by molar-refractivity contribution is 0.297. The molecule has 0 spiro atoms. The Morgan fingerprint density at radius 3 is 2.59 bits per heavy atom. The third-order valence-corrected chi connectivity index (χ3v) is 6.19. The number of pyridine rings is 2. The molecule has 0 bridgehead atoms. The van der Waals surface area contributed by atoms with Crippen LogP contribution >= 0.6 is 27.5 Å². The van der Waals surface area contributed by atoms with E-state index in [9.17, 15) is 4.79 Å². The fraction of sp³-hybridized carbons (Fsp3) is 0.292. The van der Waals surface area contributed by atoms with Crippen molar-refractivity contribution in [3.63, 3.8) is 0 Å². The molecule has 4 heterocycles. The molecular formula is C24H23BrClN5O3. The van der Waals surface area contributed by atoms with Crippen LogP contribution in [0.4, 0.5) is 0 Å². The Labute approximate surface area is 210 Å². The first-order chi connectivity index (χ1) is 16.2. The number of aryl methyl sites for hydroxylation is 3. The summed E-state index contributed by atoms with van der Waals surface area (Å²) in [7, 11) is 0. The second kappa shape index (κ2) is 9.68. The minimum atomic E-state index is -0.312. The molecule has 0 atom stereocenters. The van der Waals surface area contributed by atoms with Crippen LogP contribution in [0.3, 0.4) is 0 Å². The summed E-state index contributed by atoms with van der Waals surface area (Å²) in [6, 6.07) is 3.53. The van der Waals surface area contributed by atoms with Crippen LogP contribution in [0.2, 0.25) is 5.02 Å². The molecule has 176 valence electrons. The average Bonchev–Trinajstić information content (AvgIpc) is 3.22. The van der Waals surface area contributed by atoms with E-state index in [4.69, 9.17) is 25.7 Å². The first kappa shape index (κ1) is 24.1. The molecular weight excluding hydrogens is 522 g/mol. The lowest BCUT2D eigenvalue weighted by atomic mass is 10.1. The van der Waals surface area contributed by atoms with E-state index in [0.717, 1.165) is 11.4 Å². The first-order valence-electron chi connectivity index (χ1n) is 10.6. The Bertz CT molecular complexity index is 1430. The van der Waals surface area contributed by atoms with Gasteiger partial charge in [0.15, 0.2) is 5.89 Å². The maximum absolute atomic E-state index is 13.3. The quantitative estimate of drug-likeness (QED) is 0.306. The number of nitrogens with zero attached hydrogens (tertiary/aromatic N) is 5. The molecule has 0 saturated heterocycles. The number of halogens is 2. The van der Waals surface area contributed by atoms with Crippen molar-refractivity contribution in [1.29, 1.82) is 0 Å². The fourth-order valence-corrected chi connectivity index (χ4v) is 4.03. The Morgan fingerprint density at radius 2 is 1.91 bits per heavy atom. The van der Waals surface area contributed by atoms with Gasteiger partial charge in [0.05, 0.1) is 22.1 Å². The average molecular weight is 545 g/mol. The highest BCUT2D eigenvalue weighted by atomic mass is 79.9. The van der Waals surface area contributed by atoms with Crippen LogP contribution in [-0.4, -0.2) is 24.5 Å². The van der Waals surface area contributed by atoms with Crippen molar-refractivity contribution in [2.24, 2.45) is 0 Å². The van der Waals surface area contributed by atoms with Crippen molar-refractivity contribution < 1.29 is 9.15 Å². The second-order valence-corrected chi connectivity index (χ2v) is 9.39. The number of oxazole rings is 1. The molecule has 10 heteroatoms. The van der Waals surface area contributed by atoms with Gasteiger partial charge in [0.25, 0.3) is 5.56 Å². The van der Waals surface area contributed by atoms with Crippen LogP contribution in [0.1, 0.15) is 48.4 Å². The SMILES string of the molecule is Cc1nc(COc2cc(C)n(-c3cc(-c4nc(C(C)C)ncc4C)ncc3Cl)c(=O)c2Br)co1. The van der Waals surface area contributed by atoms with E-state index in [-0.39, 0.29) is 22.6 Å². The third kappa shape index (κ3) is 4.76. The van der Waals surface area contributed by atoms with Gasteiger partial charge in [0, 0.05) is 37.0 Å². The molecule has 4 aromatic rings. The van der Waals surface area contributed by atoms with E-state index < -0.39 is 0 Å². The molecule has 4 rings (SSSR count). The van der Waals surface area contributed by atoms with Gasteiger partial charge < -0.3 is 9.15 Å². The van der Waals surface area contributed by atoms with Gasteiger partial charge in [-0.15, -0.1) is 0 Å². The third-order valence-electron chi connectivity index (χ3n) is 5.17. The lowest BCUT2D eigenvalue weighted by Gasteiger charge is -2.16. The van der Waals surface area contributed by atoms with Crippen molar-refractivity contribution in [2.45, 2.75) is 47.1 Å². The summed E-state index contributed by atoms with van der Waals surface area (Å²) in [5.41, 5.74) is 3.64. The van der Waals surface area contributed by atoms with Gasteiger partial charge in [-0.1, -0.05) is 25.4 Å². The molecule has 8 nitrogen and oxygen atoms in total. The second-order valence-electron chi connectivity index (χ2n) is 8.19. The Hall–Kier alpha value is -3.04. The number of hydrogen-bond acceptors (Lipinski definition) is 7. The lowest BCUT2D eigenvalue weighted by Crippen LogP contribution is -2.22. The van der Waals surface area contributed by atoms with Crippen LogP contribution in [0.15, 0.2) is 44.5 Å². The predicted molar refractivity (Wildman–Crippen MR) is 133 cm³/mol. The highest BCUT2D eigenvalue weighted by Crippen LogP contribution is 2.30. The topological polar surface area (TPSA) is 95.9 Å². The summed E-state index contributed by atoms with van der Waals surface area (Å²) in [6.07, 6.45) is 4.83. The normalized spacial score (nSPS) is 11.3. The van der Waals surface area contributed by atoms with E-state index in [1.165, 1.54) is 17.0 Å². The monoisotopic (exact) mass is 543 g/mol. The van der Waals surface area contributed by atoms with Crippen LogP contribution in [0.25, 0.3) is 17.1 Å². The number of hydrogen-bond donors (Lipinski definition) is 0. The maximum Gasteiger partial charge on any atom is 0.273 e. The predicted octanol–water partition coefficient (Wildman–Crippen LogP) is 5.72. The molecule has 0 fully saturated rings. The molecule has 4 aromatic heterocycles. The molecule has 0 aliphatic heterocycles. The Kier molecular flexibility index (Phi) is 6.86. The van der Waals surface area contributed by atoms with E-state index in [2.05, 4.69) is 30.9 Å². The van der Waals surface area contributed by atoms with E-state index >= 15 is 0 Å².